The molecule has 1 fully saturated rings. The molecule has 1 aromatic carbocycles. The van der Waals surface area contributed by atoms with Crippen LogP contribution in [0.25, 0.3) is 0 Å². The molecule has 4 heteroatoms. The van der Waals surface area contributed by atoms with Crippen molar-refractivity contribution >= 4 is 21.6 Å². The Morgan fingerprint density at radius 3 is 2.85 bits per heavy atom. The van der Waals surface area contributed by atoms with Gasteiger partial charge < -0.3 is 15.4 Å². The third kappa shape index (κ3) is 3.54. The van der Waals surface area contributed by atoms with Gasteiger partial charge in [0.2, 0.25) is 0 Å². The highest BCUT2D eigenvalue weighted by Crippen LogP contribution is 2.32. The molecule has 0 aliphatic carbocycles. The topological polar surface area (TPSA) is 38.5 Å². The van der Waals surface area contributed by atoms with Crippen LogP contribution >= 0.6 is 15.9 Å². The fourth-order valence-electron chi connectivity index (χ4n) is 2.71. The third-order valence-electron chi connectivity index (χ3n) is 3.98. The molecule has 0 amide bonds. The number of hydrogen-bond donors (Lipinski definition) is 1. The molecule has 1 aromatic rings. The summed E-state index contributed by atoms with van der Waals surface area (Å²) >= 11 is 3.58. The summed E-state index contributed by atoms with van der Waals surface area (Å²) < 4.78 is 6.74. The number of hydrogen-bond acceptors (Lipinski definition) is 3. The van der Waals surface area contributed by atoms with Gasteiger partial charge in [0, 0.05) is 22.7 Å². The zero-order chi connectivity index (χ0) is 14.8. The lowest BCUT2D eigenvalue weighted by Crippen LogP contribution is -2.53. The van der Waals surface area contributed by atoms with Crippen LogP contribution in [-0.4, -0.2) is 31.3 Å². The molecule has 1 aliphatic rings. The monoisotopic (exact) mass is 340 g/mol. The summed E-state index contributed by atoms with van der Waals surface area (Å²) in [5, 5.41) is 0. The van der Waals surface area contributed by atoms with Crippen molar-refractivity contribution < 1.29 is 4.74 Å². The van der Waals surface area contributed by atoms with E-state index in [-0.39, 0.29) is 11.6 Å². The molecule has 3 nitrogen and oxygen atoms in total. The summed E-state index contributed by atoms with van der Waals surface area (Å²) in [5.74, 6) is 0. The van der Waals surface area contributed by atoms with E-state index >= 15 is 0 Å². The van der Waals surface area contributed by atoms with Crippen LogP contribution in [-0.2, 0) is 11.2 Å². The molecule has 0 radical (unpaired) electrons. The highest BCUT2D eigenvalue weighted by atomic mass is 79.9. The van der Waals surface area contributed by atoms with Gasteiger partial charge in [0.1, 0.15) is 0 Å². The first-order chi connectivity index (χ1) is 9.44. The van der Waals surface area contributed by atoms with Crippen LogP contribution in [0, 0.1) is 0 Å². The predicted molar refractivity (Wildman–Crippen MR) is 88.4 cm³/mol. The van der Waals surface area contributed by atoms with Crippen LogP contribution in [0.5, 0.6) is 0 Å². The minimum Gasteiger partial charge on any atom is -0.377 e. The summed E-state index contributed by atoms with van der Waals surface area (Å²) in [4.78, 5) is 2.46. The lowest BCUT2D eigenvalue weighted by Gasteiger charge is -2.44. The lowest BCUT2D eigenvalue weighted by molar-refractivity contribution is 0.0643. The second-order valence-electron chi connectivity index (χ2n) is 6.16. The van der Waals surface area contributed by atoms with Crippen molar-refractivity contribution in [3.8, 4) is 0 Å². The fourth-order valence-corrected chi connectivity index (χ4v) is 3.12. The summed E-state index contributed by atoms with van der Waals surface area (Å²) in [5.41, 5.74) is 8.81. The SMILES string of the molecule is CCC(N)Cc1cc(Br)ccc1N1CCOCC1(C)C. The summed E-state index contributed by atoms with van der Waals surface area (Å²) in [7, 11) is 0. The molecule has 0 saturated carbocycles. The molecule has 112 valence electrons. The third-order valence-corrected chi connectivity index (χ3v) is 4.48. The van der Waals surface area contributed by atoms with Crippen LogP contribution in [0.4, 0.5) is 5.69 Å². The van der Waals surface area contributed by atoms with E-state index in [0.29, 0.717) is 0 Å². The van der Waals surface area contributed by atoms with E-state index in [1.54, 1.807) is 0 Å². The van der Waals surface area contributed by atoms with Crippen molar-refractivity contribution in [2.75, 3.05) is 24.7 Å². The number of morpholine rings is 1. The van der Waals surface area contributed by atoms with Crippen LogP contribution in [0.1, 0.15) is 32.8 Å². The fraction of sp³-hybridized carbons (Fsp3) is 0.625. The van der Waals surface area contributed by atoms with E-state index < -0.39 is 0 Å². The van der Waals surface area contributed by atoms with Crippen LogP contribution in [0.3, 0.4) is 0 Å². The molecule has 1 unspecified atom stereocenters. The molecule has 0 bridgehead atoms. The Balaban J connectivity index is 2.34. The number of nitrogens with zero attached hydrogens (tertiary/aromatic N) is 1. The minimum atomic E-state index is 0.0249. The molecular weight excluding hydrogens is 316 g/mol. The van der Waals surface area contributed by atoms with Crippen LogP contribution in [0.15, 0.2) is 22.7 Å². The van der Waals surface area contributed by atoms with E-state index in [2.05, 4.69) is 59.8 Å². The highest BCUT2D eigenvalue weighted by Gasteiger charge is 2.31. The molecule has 1 atom stereocenters. The number of halogens is 1. The Labute approximate surface area is 130 Å². The first-order valence-electron chi connectivity index (χ1n) is 7.33. The molecular formula is C16H25BrN2O. The molecule has 1 aliphatic heterocycles. The predicted octanol–water partition coefficient (Wildman–Crippen LogP) is 3.34. The van der Waals surface area contributed by atoms with Gasteiger partial charge in [0.25, 0.3) is 0 Å². The standard InChI is InChI=1S/C16H25BrN2O/c1-4-14(18)10-12-9-13(17)5-6-15(12)19-7-8-20-11-16(19,2)3/h5-6,9,14H,4,7-8,10-11,18H2,1-3H3. The van der Waals surface area contributed by atoms with Gasteiger partial charge in [-0.05, 0) is 50.5 Å². The maximum absolute atomic E-state index is 6.16. The average Bonchev–Trinajstić information content (AvgIpc) is 2.39. The maximum Gasteiger partial charge on any atom is 0.0694 e. The smallest absolute Gasteiger partial charge is 0.0694 e. The average molecular weight is 341 g/mol. The summed E-state index contributed by atoms with van der Waals surface area (Å²) in [6.45, 7) is 9.10. The summed E-state index contributed by atoms with van der Waals surface area (Å²) in [6, 6.07) is 6.74. The molecule has 0 spiro atoms. The second kappa shape index (κ2) is 6.46. The van der Waals surface area contributed by atoms with Gasteiger partial charge in [-0.3, -0.25) is 0 Å². The zero-order valence-corrected chi connectivity index (χ0v) is 14.2. The van der Waals surface area contributed by atoms with Gasteiger partial charge in [-0.1, -0.05) is 22.9 Å². The van der Waals surface area contributed by atoms with Crippen molar-refractivity contribution in [3.63, 3.8) is 0 Å². The van der Waals surface area contributed by atoms with Gasteiger partial charge in [-0.2, -0.15) is 0 Å². The molecule has 0 aromatic heterocycles. The number of anilines is 1. The molecule has 2 rings (SSSR count). The largest absolute Gasteiger partial charge is 0.377 e. The maximum atomic E-state index is 6.16. The van der Waals surface area contributed by atoms with Crippen molar-refractivity contribution in [3.05, 3.63) is 28.2 Å². The van der Waals surface area contributed by atoms with E-state index in [9.17, 15) is 0 Å². The Kier molecular flexibility index (Phi) is 5.10. The molecule has 20 heavy (non-hydrogen) atoms. The van der Waals surface area contributed by atoms with E-state index in [0.717, 1.165) is 37.1 Å². The lowest BCUT2D eigenvalue weighted by atomic mass is 9.97. The Morgan fingerprint density at radius 1 is 1.45 bits per heavy atom. The van der Waals surface area contributed by atoms with Crippen LogP contribution < -0.4 is 10.6 Å². The van der Waals surface area contributed by atoms with Gasteiger partial charge in [-0.15, -0.1) is 0 Å². The van der Waals surface area contributed by atoms with E-state index in [1.807, 2.05) is 0 Å². The number of ether oxygens (including phenoxy) is 1. The van der Waals surface area contributed by atoms with Gasteiger partial charge in [-0.25, -0.2) is 0 Å². The van der Waals surface area contributed by atoms with Crippen molar-refractivity contribution in [2.24, 2.45) is 5.73 Å². The Morgan fingerprint density at radius 2 is 2.20 bits per heavy atom. The second-order valence-corrected chi connectivity index (χ2v) is 7.08. The quantitative estimate of drug-likeness (QED) is 0.913. The van der Waals surface area contributed by atoms with E-state index in [4.69, 9.17) is 10.5 Å². The highest BCUT2D eigenvalue weighted by molar-refractivity contribution is 9.10. The van der Waals surface area contributed by atoms with E-state index in [1.165, 1.54) is 11.3 Å². The molecule has 2 N–H and O–H groups in total. The Hall–Kier alpha value is -0.580. The zero-order valence-electron chi connectivity index (χ0n) is 12.7. The molecule has 1 heterocycles. The minimum absolute atomic E-state index is 0.0249. The van der Waals surface area contributed by atoms with Gasteiger partial charge in [0.15, 0.2) is 0 Å². The van der Waals surface area contributed by atoms with Crippen molar-refractivity contribution in [1.29, 1.82) is 0 Å². The normalized spacial score (nSPS) is 19.9. The number of nitrogens with two attached hydrogens (primary N) is 1. The summed E-state index contributed by atoms with van der Waals surface area (Å²) in [6.07, 6.45) is 1.91. The van der Waals surface area contributed by atoms with Crippen LogP contribution in [0.2, 0.25) is 0 Å². The van der Waals surface area contributed by atoms with Crippen molar-refractivity contribution in [1.82, 2.24) is 0 Å². The first-order valence-corrected chi connectivity index (χ1v) is 8.12. The van der Waals surface area contributed by atoms with Gasteiger partial charge >= 0.3 is 0 Å². The van der Waals surface area contributed by atoms with Gasteiger partial charge in [0.05, 0.1) is 18.8 Å². The molecule has 1 saturated heterocycles. The first kappa shape index (κ1) is 15.8. The van der Waals surface area contributed by atoms with Crippen molar-refractivity contribution in [2.45, 2.75) is 45.2 Å². The number of benzene rings is 1. The Bertz CT molecular complexity index is 462. The number of rotatable bonds is 4.